The summed E-state index contributed by atoms with van der Waals surface area (Å²) >= 11 is 0. The first-order valence-corrected chi connectivity index (χ1v) is 12.3. The molecule has 2 rings (SSSR count). The van der Waals surface area contributed by atoms with Crippen molar-refractivity contribution in [2.24, 2.45) is 0 Å². The molecule has 2 amide bonds. The van der Waals surface area contributed by atoms with Crippen molar-refractivity contribution in [2.75, 3.05) is 26.2 Å². The number of carbonyl (C=O) groups excluding carboxylic acids is 2. The van der Waals surface area contributed by atoms with E-state index < -0.39 is 10.0 Å². The smallest absolute Gasteiger partial charge is 0.409 e. The second-order valence-corrected chi connectivity index (χ2v) is 9.83. The van der Waals surface area contributed by atoms with Gasteiger partial charge in [0.05, 0.1) is 11.5 Å². The molecule has 0 unspecified atom stereocenters. The number of nitrogens with one attached hydrogen (secondary N) is 2. The predicted molar refractivity (Wildman–Crippen MR) is 120 cm³/mol. The standard InChI is InChI=1S/C22H35N3O5S/c1-7-30-22(27)25-12-9-19(10-13-25)24-20(26)8-11-23-31(28,29)21-17(5)15(3)14(2)16(4)18(21)6/h19,23H,7-13H2,1-6H3,(H,24,26). The third kappa shape index (κ3) is 5.98. The van der Waals surface area contributed by atoms with E-state index in [-0.39, 0.29) is 31.0 Å². The summed E-state index contributed by atoms with van der Waals surface area (Å²) in [6.07, 6.45) is 1.03. The van der Waals surface area contributed by atoms with E-state index in [1.54, 1.807) is 11.8 Å². The summed E-state index contributed by atoms with van der Waals surface area (Å²) in [5.41, 5.74) is 4.52. The van der Waals surface area contributed by atoms with Gasteiger partial charge in [0.1, 0.15) is 0 Å². The van der Waals surface area contributed by atoms with Crippen LogP contribution in [0.15, 0.2) is 4.90 Å². The summed E-state index contributed by atoms with van der Waals surface area (Å²) < 4.78 is 33.4. The average Bonchev–Trinajstić information content (AvgIpc) is 2.71. The van der Waals surface area contributed by atoms with Crippen molar-refractivity contribution in [1.29, 1.82) is 0 Å². The van der Waals surface area contributed by atoms with E-state index in [2.05, 4.69) is 10.0 Å². The van der Waals surface area contributed by atoms with Crippen molar-refractivity contribution < 1.29 is 22.7 Å². The molecule has 1 aromatic carbocycles. The van der Waals surface area contributed by atoms with Crippen molar-refractivity contribution in [2.45, 2.75) is 71.7 Å². The maximum absolute atomic E-state index is 12.9. The Kier molecular flexibility index (Phi) is 8.48. The Morgan fingerprint density at radius 1 is 0.968 bits per heavy atom. The van der Waals surface area contributed by atoms with Crippen LogP contribution in [0.25, 0.3) is 0 Å². The third-order valence-electron chi connectivity index (χ3n) is 6.23. The van der Waals surface area contributed by atoms with E-state index in [0.717, 1.165) is 27.8 Å². The number of carbonyl (C=O) groups is 2. The lowest BCUT2D eigenvalue weighted by Gasteiger charge is -2.31. The number of sulfonamides is 1. The number of hydrogen-bond donors (Lipinski definition) is 2. The van der Waals surface area contributed by atoms with E-state index in [9.17, 15) is 18.0 Å². The molecule has 0 aliphatic carbocycles. The molecule has 9 heteroatoms. The van der Waals surface area contributed by atoms with Gasteiger partial charge in [-0.05, 0) is 82.2 Å². The van der Waals surface area contributed by atoms with E-state index >= 15 is 0 Å². The Morgan fingerprint density at radius 2 is 1.48 bits per heavy atom. The van der Waals surface area contributed by atoms with Crippen LogP contribution in [-0.2, 0) is 19.6 Å². The van der Waals surface area contributed by atoms with Crippen LogP contribution in [0.4, 0.5) is 4.79 Å². The van der Waals surface area contributed by atoms with Gasteiger partial charge in [0.25, 0.3) is 0 Å². The molecule has 0 aromatic heterocycles. The Labute approximate surface area is 185 Å². The highest BCUT2D eigenvalue weighted by atomic mass is 32.2. The highest BCUT2D eigenvalue weighted by Crippen LogP contribution is 2.29. The lowest BCUT2D eigenvalue weighted by molar-refractivity contribution is -0.121. The number of nitrogens with zero attached hydrogens (tertiary/aromatic N) is 1. The molecule has 1 aliphatic heterocycles. The van der Waals surface area contributed by atoms with Crippen molar-refractivity contribution in [1.82, 2.24) is 14.9 Å². The van der Waals surface area contributed by atoms with Crippen LogP contribution in [0, 0.1) is 34.6 Å². The van der Waals surface area contributed by atoms with Gasteiger partial charge in [-0.2, -0.15) is 0 Å². The fourth-order valence-electron chi connectivity index (χ4n) is 3.96. The van der Waals surface area contributed by atoms with Crippen LogP contribution in [0.1, 0.15) is 54.0 Å². The van der Waals surface area contributed by atoms with Gasteiger partial charge in [-0.15, -0.1) is 0 Å². The number of ether oxygens (including phenoxy) is 1. The lowest BCUT2D eigenvalue weighted by atomic mass is 9.95. The zero-order chi connectivity index (χ0) is 23.3. The zero-order valence-corrected chi connectivity index (χ0v) is 20.2. The SMILES string of the molecule is CCOC(=O)N1CCC(NC(=O)CCNS(=O)(=O)c2c(C)c(C)c(C)c(C)c2C)CC1. The molecule has 0 radical (unpaired) electrons. The second-order valence-electron chi connectivity index (χ2n) is 8.13. The normalized spacial score (nSPS) is 15.1. The largest absolute Gasteiger partial charge is 0.450 e. The van der Waals surface area contributed by atoms with E-state index in [1.165, 1.54) is 0 Å². The molecular formula is C22H35N3O5S. The quantitative estimate of drug-likeness (QED) is 0.660. The van der Waals surface area contributed by atoms with Gasteiger partial charge in [-0.1, -0.05) is 0 Å². The number of rotatable bonds is 7. The minimum absolute atomic E-state index is 0.0262. The van der Waals surface area contributed by atoms with Crippen molar-refractivity contribution in [3.05, 3.63) is 27.8 Å². The topological polar surface area (TPSA) is 105 Å². The number of hydrogen-bond acceptors (Lipinski definition) is 5. The number of amides is 2. The van der Waals surface area contributed by atoms with Crippen LogP contribution in [0.2, 0.25) is 0 Å². The highest BCUT2D eigenvalue weighted by molar-refractivity contribution is 7.89. The zero-order valence-electron chi connectivity index (χ0n) is 19.4. The first-order valence-electron chi connectivity index (χ1n) is 10.8. The van der Waals surface area contributed by atoms with Gasteiger partial charge in [-0.3, -0.25) is 4.79 Å². The molecular weight excluding hydrogens is 418 g/mol. The van der Waals surface area contributed by atoms with Crippen LogP contribution >= 0.6 is 0 Å². The van der Waals surface area contributed by atoms with Crippen molar-refractivity contribution in [3.8, 4) is 0 Å². The maximum atomic E-state index is 12.9. The van der Waals surface area contributed by atoms with Gasteiger partial charge in [0.2, 0.25) is 15.9 Å². The highest BCUT2D eigenvalue weighted by Gasteiger charge is 2.26. The fourth-order valence-corrected chi connectivity index (χ4v) is 5.59. The van der Waals surface area contributed by atoms with E-state index in [1.807, 2.05) is 34.6 Å². The van der Waals surface area contributed by atoms with Gasteiger partial charge < -0.3 is 15.0 Å². The molecule has 8 nitrogen and oxygen atoms in total. The Hall–Kier alpha value is -2.13. The number of piperidine rings is 1. The molecule has 2 N–H and O–H groups in total. The fraction of sp³-hybridized carbons (Fsp3) is 0.636. The number of benzene rings is 1. The summed E-state index contributed by atoms with van der Waals surface area (Å²) in [6.45, 7) is 12.7. The average molecular weight is 454 g/mol. The molecule has 1 heterocycles. The monoisotopic (exact) mass is 453 g/mol. The Bertz CT molecular complexity index is 906. The minimum atomic E-state index is -3.72. The molecule has 1 aliphatic rings. The molecule has 1 saturated heterocycles. The van der Waals surface area contributed by atoms with Gasteiger partial charge in [0.15, 0.2) is 0 Å². The molecule has 174 valence electrons. The minimum Gasteiger partial charge on any atom is -0.450 e. The predicted octanol–water partition coefficient (Wildman–Crippen LogP) is 2.63. The van der Waals surface area contributed by atoms with E-state index in [4.69, 9.17) is 4.74 Å². The summed E-state index contributed by atoms with van der Waals surface area (Å²) in [6, 6.07) is -0.0262. The van der Waals surface area contributed by atoms with Crippen molar-refractivity contribution in [3.63, 3.8) is 0 Å². The van der Waals surface area contributed by atoms with Crippen LogP contribution in [0.5, 0.6) is 0 Å². The molecule has 31 heavy (non-hydrogen) atoms. The van der Waals surface area contributed by atoms with Crippen LogP contribution in [-0.4, -0.2) is 57.6 Å². The molecule has 0 atom stereocenters. The van der Waals surface area contributed by atoms with Gasteiger partial charge in [0, 0.05) is 32.1 Å². The molecule has 0 saturated carbocycles. The molecule has 1 fully saturated rings. The first kappa shape index (κ1) is 25.1. The number of likely N-dealkylation sites (tertiary alicyclic amines) is 1. The maximum Gasteiger partial charge on any atom is 0.409 e. The van der Waals surface area contributed by atoms with Gasteiger partial charge in [-0.25, -0.2) is 17.9 Å². The van der Waals surface area contributed by atoms with E-state index in [0.29, 0.717) is 37.4 Å². The van der Waals surface area contributed by atoms with Crippen molar-refractivity contribution >= 4 is 22.0 Å². The Balaban J connectivity index is 1.88. The summed E-state index contributed by atoms with van der Waals surface area (Å²) in [4.78, 5) is 26.0. The van der Waals surface area contributed by atoms with Crippen LogP contribution in [0.3, 0.4) is 0 Å². The summed E-state index contributed by atoms with van der Waals surface area (Å²) in [5.74, 6) is -0.206. The molecule has 1 aromatic rings. The molecule has 0 bridgehead atoms. The second kappa shape index (κ2) is 10.5. The van der Waals surface area contributed by atoms with Crippen LogP contribution < -0.4 is 10.0 Å². The lowest BCUT2D eigenvalue weighted by Crippen LogP contribution is -2.47. The molecule has 0 spiro atoms. The first-order chi connectivity index (χ1) is 14.5. The van der Waals surface area contributed by atoms with Gasteiger partial charge >= 0.3 is 6.09 Å². The third-order valence-corrected chi connectivity index (χ3v) is 7.96. The summed E-state index contributed by atoms with van der Waals surface area (Å²) in [5, 5.41) is 2.93. The summed E-state index contributed by atoms with van der Waals surface area (Å²) in [7, 11) is -3.72. The Morgan fingerprint density at radius 3 is 2.00 bits per heavy atom.